The number of alkyl halides is 1. The summed E-state index contributed by atoms with van der Waals surface area (Å²) in [5.74, 6) is 1.82. The number of hydrogen-bond acceptors (Lipinski definition) is 2. The fourth-order valence-corrected chi connectivity index (χ4v) is 2.97. The average Bonchev–Trinajstić information content (AvgIpc) is 2.48. The number of Topliss-reactive ketones (excluding diaryl/α,β-unsaturated/α-hetero) is 1. The highest BCUT2D eigenvalue weighted by Gasteiger charge is 2.35. The molecule has 1 saturated heterocycles. The molecular formula is C18H28ClNO. The van der Waals surface area contributed by atoms with E-state index in [9.17, 15) is 4.79 Å². The van der Waals surface area contributed by atoms with Crippen LogP contribution in [0.2, 0.25) is 0 Å². The van der Waals surface area contributed by atoms with E-state index in [0.29, 0.717) is 11.7 Å². The van der Waals surface area contributed by atoms with Crippen molar-refractivity contribution in [2.45, 2.75) is 45.1 Å². The quantitative estimate of drug-likeness (QED) is 0.427. The van der Waals surface area contributed by atoms with Gasteiger partial charge in [-0.05, 0) is 51.6 Å². The Kier molecular flexibility index (Phi) is 8.63. The molecule has 1 atom stereocenters. The van der Waals surface area contributed by atoms with Gasteiger partial charge in [-0.3, -0.25) is 9.69 Å². The normalized spacial score (nSPS) is 23.8. The van der Waals surface area contributed by atoms with E-state index in [0.717, 1.165) is 31.8 Å². The number of ketones is 1. The van der Waals surface area contributed by atoms with E-state index in [-0.39, 0.29) is 6.04 Å². The molecule has 2 nitrogen and oxygen atoms in total. The maximum Gasteiger partial charge on any atom is 0.150 e. The molecule has 0 spiro atoms. The third-order valence-corrected chi connectivity index (χ3v) is 4.47. The van der Waals surface area contributed by atoms with E-state index < -0.39 is 0 Å². The molecule has 0 aromatic heterocycles. The van der Waals surface area contributed by atoms with Crippen molar-refractivity contribution in [3.05, 3.63) is 37.0 Å². The van der Waals surface area contributed by atoms with Crippen molar-refractivity contribution in [1.82, 2.24) is 4.90 Å². The third-order valence-electron chi connectivity index (χ3n) is 4.25. The number of halogens is 1. The smallest absolute Gasteiger partial charge is 0.150 e. The molecule has 1 aliphatic carbocycles. The van der Waals surface area contributed by atoms with Gasteiger partial charge in [0.15, 0.2) is 0 Å². The predicted octanol–water partition coefficient (Wildman–Crippen LogP) is 4.36. The van der Waals surface area contributed by atoms with Crippen LogP contribution in [0, 0.1) is 5.92 Å². The molecule has 0 aromatic carbocycles. The molecule has 1 aliphatic heterocycles. The molecule has 2 fully saturated rings. The molecule has 2 rings (SSSR count). The fourth-order valence-electron chi connectivity index (χ4n) is 2.97. The topological polar surface area (TPSA) is 20.3 Å². The Morgan fingerprint density at radius 3 is 2.33 bits per heavy atom. The summed E-state index contributed by atoms with van der Waals surface area (Å²) in [5.41, 5.74) is 1.43. The monoisotopic (exact) mass is 309 g/mol. The Hall–Kier alpha value is -0.860. The van der Waals surface area contributed by atoms with Crippen molar-refractivity contribution < 1.29 is 4.79 Å². The first-order chi connectivity index (χ1) is 10.1. The SMILES string of the molecule is C=C/C=C(\C)CC1CCN(C2CCC2=O)CC1.C=CCCl. The van der Waals surface area contributed by atoms with Gasteiger partial charge >= 0.3 is 0 Å². The second kappa shape index (κ2) is 9.97. The van der Waals surface area contributed by atoms with E-state index in [2.05, 4.69) is 31.1 Å². The summed E-state index contributed by atoms with van der Waals surface area (Å²) >= 11 is 5.07. The minimum atomic E-state index is 0.278. The Morgan fingerprint density at radius 1 is 1.33 bits per heavy atom. The van der Waals surface area contributed by atoms with Gasteiger partial charge in [0.05, 0.1) is 6.04 Å². The first-order valence-corrected chi connectivity index (χ1v) is 8.37. The van der Waals surface area contributed by atoms with Gasteiger partial charge in [-0.1, -0.05) is 30.4 Å². The van der Waals surface area contributed by atoms with E-state index >= 15 is 0 Å². The van der Waals surface area contributed by atoms with Crippen LogP contribution in [0.25, 0.3) is 0 Å². The predicted molar refractivity (Wildman–Crippen MR) is 91.8 cm³/mol. The number of rotatable bonds is 5. The summed E-state index contributed by atoms with van der Waals surface area (Å²) in [4.78, 5) is 13.8. The second-order valence-corrected chi connectivity index (χ2v) is 6.20. The van der Waals surface area contributed by atoms with Crippen molar-refractivity contribution in [2.24, 2.45) is 5.92 Å². The molecule has 1 heterocycles. The lowest BCUT2D eigenvalue weighted by Gasteiger charge is -2.40. The molecule has 2 aliphatic rings. The van der Waals surface area contributed by atoms with E-state index in [1.165, 1.54) is 24.8 Å². The molecule has 21 heavy (non-hydrogen) atoms. The maximum atomic E-state index is 11.4. The van der Waals surface area contributed by atoms with Crippen LogP contribution in [0.4, 0.5) is 0 Å². The van der Waals surface area contributed by atoms with Crippen molar-refractivity contribution in [3.63, 3.8) is 0 Å². The number of piperidine rings is 1. The van der Waals surface area contributed by atoms with Crippen molar-refractivity contribution >= 4 is 17.4 Å². The second-order valence-electron chi connectivity index (χ2n) is 5.90. The van der Waals surface area contributed by atoms with Crippen molar-refractivity contribution in [3.8, 4) is 0 Å². The summed E-state index contributed by atoms with van der Waals surface area (Å²) in [5, 5.41) is 0. The minimum Gasteiger partial charge on any atom is -0.298 e. The van der Waals surface area contributed by atoms with Crippen LogP contribution in [0.5, 0.6) is 0 Å². The molecule has 0 aromatic rings. The number of nitrogens with zero attached hydrogens (tertiary/aromatic N) is 1. The van der Waals surface area contributed by atoms with Gasteiger partial charge in [-0.15, -0.1) is 18.2 Å². The van der Waals surface area contributed by atoms with Crippen molar-refractivity contribution in [2.75, 3.05) is 19.0 Å². The zero-order valence-electron chi connectivity index (χ0n) is 13.2. The highest BCUT2D eigenvalue weighted by atomic mass is 35.5. The van der Waals surface area contributed by atoms with E-state index in [4.69, 9.17) is 11.6 Å². The summed E-state index contributed by atoms with van der Waals surface area (Å²) in [6.45, 7) is 11.5. The van der Waals surface area contributed by atoms with Gasteiger partial charge in [-0.2, -0.15) is 0 Å². The van der Waals surface area contributed by atoms with Crippen LogP contribution < -0.4 is 0 Å². The van der Waals surface area contributed by atoms with Gasteiger partial charge in [0, 0.05) is 12.3 Å². The Balaban J connectivity index is 0.000000491. The lowest BCUT2D eigenvalue weighted by molar-refractivity contribution is -0.132. The minimum absolute atomic E-state index is 0.278. The number of likely N-dealkylation sites (tertiary alicyclic amines) is 1. The zero-order chi connectivity index (χ0) is 15.7. The van der Waals surface area contributed by atoms with Crippen LogP contribution in [0.1, 0.15) is 39.0 Å². The summed E-state index contributed by atoms with van der Waals surface area (Å²) in [7, 11) is 0. The summed E-state index contributed by atoms with van der Waals surface area (Å²) in [6.07, 6.45) is 11.2. The molecule has 0 N–H and O–H groups in total. The highest BCUT2D eigenvalue weighted by Crippen LogP contribution is 2.29. The lowest BCUT2D eigenvalue weighted by Crippen LogP contribution is -2.50. The highest BCUT2D eigenvalue weighted by molar-refractivity contribution is 6.18. The van der Waals surface area contributed by atoms with Gasteiger partial charge in [0.1, 0.15) is 5.78 Å². The summed E-state index contributed by atoms with van der Waals surface area (Å²) < 4.78 is 0. The van der Waals surface area contributed by atoms with Gasteiger partial charge in [-0.25, -0.2) is 0 Å². The third kappa shape index (κ3) is 6.19. The Morgan fingerprint density at radius 2 is 1.95 bits per heavy atom. The summed E-state index contributed by atoms with van der Waals surface area (Å²) in [6, 6.07) is 0.278. The molecule has 0 amide bonds. The maximum absolute atomic E-state index is 11.4. The molecule has 0 bridgehead atoms. The number of carbonyl (C=O) groups is 1. The molecule has 0 radical (unpaired) electrons. The average molecular weight is 310 g/mol. The number of hydrogen-bond donors (Lipinski definition) is 0. The van der Waals surface area contributed by atoms with E-state index in [1.54, 1.807) is 6.08 Å². The molecule has 3 heteroatoms. The first-order valence-electron chi connectivity index (χ1n) is 7.84. The van der Waals surface area contributed by atoms with E-state index in [1.807, 2.05) is 6.08 Å². The Labute approximate surface area is 134 Å². The lowest BCUT2D eigenvalue weighted by atomic mass is 9.85. The van der Waals surface area contributed by atoms with Gasteiger partial charge in [0.25, 0.3) is 0 Å². The molecular weight excluding hydrogens is 282 g/mol. The zero-order valence-corrected chi connectivity index (χ0v) is 13.9. The van der Waals surface area contributed by atoms with Gasteiger partial charge in [0.2, 0.25) is 0 Å². The van der Waals surface area contributed by atoms with Crippen molar-refractivity contribution in [1.29, 1.82) is 0 Å². The Bertz CT molecular complexity index is 381. The largest absolute Gasteiger partial charge is 0.298 e. The number of carbonyl (C=O) groups excluding carboxylic acids is 1. The van der Waals surface area contributed by atoms with Crippen LogP contribution in [-0.2, 0) is 4.79 Å². The first kappa shape index (κ1) is 18.2. The molecule has 1 saturated carbocycles. The molecule has 118 valence electrons. The van der Waals surface area contributed by atoms with Gasteiger partial charge < -0.3 is 0 Å². The van der Waals surface area contributed by atoms with Crippen LogP contribution in [0.3, 0.4) is 0 Å². The van der Waals surface area contributed by atoms with Crippen LogP contribution >= 0.6 is 11.6 Å². The molecule has 1 unspecified atom stereocenters. The fraction of sp³-hybridized carbons (Fsp3) is 0.611. The standard InChI is InChI=1S/C15H23NO.C3H5Cl/c1-3-4-12(2)11-13-7-9-16(10-8-13)14-5-6-15(14)17;1-2-3-4/h3-4,13-14H,1,5-11H2,2H3;2H,1,3H2/b12-4+;. The van der Waals surface area contributed by atoms with Crippen LogP contribution in [-0.4, -0.2) is 35.7 Å². The van der Waals surface area contributed by atoms with Crippen LogP contribution in [0.15, 0.2) is 37.0 Å². The number of allylic oxidation sites excluding steroid dienone is 4.